The molecule has 0 spiro atoms. The van der Waals surface area contributed by atoms with Gasteiger partial charge in [-0.3, -0.25) is 9.78 Å². The molecule has 170 valence electrons. The first kappa shape index (κ1) is 20.6. The van der Waals surface area contributed by atoms with E-state index in [-0.39, 0.29) is 18.0 Å². The van der Waals surface area contributed by atoms with Crippen LogP contribution in [-0.4, -0.2) is 54.4 Å². The van der Waals surface area contributed by atoms with Crippen LogP contribution < -0.4 is 5.32 Å². The van der Waals surface area contributed by atoms with E-state index in [9.17, 15) is 4.79 Å². The number of amides is 1. The Balaban J connectivity index is 1.26. The van der Waals surface area contributed by atoms with E-state index in [1.165, 1.54) is 17.6 Å². The summed E-state index contributed by atoms with van der Waals surface area (Å²) in [5, 5.41) is 12.4. The van der Waals surface area contributed by atoms with Gasteiger partial charge in [0.1, 0.15) is 5.82 Å². The number of nitrogens with zero attached hydrogens (tertiary/aromatic N) is 6. The van der Waals surface area contributed by atoms with Crippen molar-refractivity contribution in [1.29, 1.82) is 0 Å². The first-order chi connectivity index (χ1) is 16.1. The van der Waals surface area contributed by atoms with E-state index in [1.807, 2.05) is 12.4 Å². The molecule has 4 aliphatic rings. The van der Waals surface area contributed by atoms with E-state index in [2.05, 4.69) is 37.3 Å². The van der Waals surface area contributed by atoms with Crippen molar-refractivity contribution in [1.82, 2.24) is 29.9 Å². The molecule has 33 heavy (non-hydrogen) atoms. The zero-order chi connectivity index (χ0) is 22.5. The number of hydrogen-bond donors (Lipinski definition) is 1. The van der Waals surface area contributed by atoms with Crippen molar-refractivity contribution < 1.29 is 4.79 Å². The highest BCUT2D eigenvalue weighted by Crippen LogP contribution is 2.47. The Kier molecular flexibility index (Phi) is 5.05. The molecular weight excluding hydrogens is 438 g/mol. The van der Waals surface area contributed by atoms with Gasteiger partial charge in [0.15, 0.2) is 0 Å². The topological polar surface area (TPSA) is 88.8 Å². The van der Waals surface area contributed by atoms with Gasteiger partial charge in [-0.2, -0.15) is 15.0 Å². The molecule has 8 nitrogen and oxygen atoms in total. The van der Waals surface area contributed by atoms with Gasteiger partial charge in [0.25, 0.3) is 5.91 Å². The molecule has 2 atom stereocenters. The summed E-state index contributed by atoms with van der Waals surface area (Å²) in [6.07, 6.45) is 11.4. The van der Waals surface area contributed by atoms with Crippen LogP contribution in [0.15, 0.2) is 43.0 Å². The summed E-state index contributed by atoms with van der Waals surface area (Å²) in [6, 6.07) is 5.59. The summed E-state index contributed by atoms with van der Waals surface area (Å²) in [5.41, 5.74) is 2.23. The molecule has 1 N–H and O–H groups in total. The van der Waals surface area contributed by atoms with Crippen LogP contribution >= 0.6 is 11.6 Å². The Morgan fingerprint density at radius 2 is 1.94 bits per heavy atom. The molecule has 1 aromatic carbocycles. The van der Waals surface area contributed by atoms with Crippen molar-refractivity contribution in [3.63, 3.8) is 0 Å². The fourth-order valence-electron chi connectivity index (χ4n) is 5.29. The molecule has 7 rings (SSSR count). The normalized spacial score (nSPS) is 26.1. The zero-order valence-electron chi connectivity index (χ0n) is 18.4. The number of benzene rings is 1. The highest BCUT2D eigenvalue weighted by molar-refractivity contribution is 6.31. The minimum Gasteiger partial charge on any atom is -0.367 e. The van der Waals surface area contributed by atoms with Crippen LogP contribution in [0, 0.1) is 11.8 Å². The smallest absolute Gasteiger partial charge is 0.256 e. The van der Waals surface area contributed by atoms with Crippen molar-refractivity contribution in [3.8, 4) is 5.69 Å². The van der Waals surface area contributed by atoms with Crippen LogP contribution in [0.5, 0.6) is 0 Å². The third-order valence-corrected chi connectivity index (χ3v) is 7.70. The molecule has 2 saturated heterocycles. The first-order valence-corrected chi connectivity index (χ1v) is 12.0. The van der Waals surface area contributed by atoms with Gasteiger partial charge in [-0.15, -0.1) is 0 Å². The number of anilines is 1. The highest BCUT2D eigenvalue weighted by Gasteiger charge is 2.50. The summed E-state index contributed by atoms with van der Waals surface area (Å²) >= 11 is 6.30. The number of aromatic nitrogens is 5. The maximum absolute atomic E-state index is 13.9. The fraction of sp³-hybridized carbons (Fsp3) is 0.458. The van der Waals surface area contributed by atoms with Crippen LogP contribution in [0.25, 0.3) is 5.69 Å². The van der Waals surface area contributed by atoms with Gasteiger partial charge in [0.2, 0.25) is 0 Å². The van der Waals surface area contributed by atoms with Crippen molar-refractivity contribution >= 4 is 23.3 Å². The van der Waals surface area contributed by atoms with Crippen molar-refractivity contribution in [2.75, 3.05) is 11.9 Å². The zero-order valence-corrected chi connectivity index (χ0v) is 19.2. The van der Waals surface area contributed by atoms with Gasteiger partial charge < -0.3 is 10.2 Å². The van der Waals surface area contributed by atoms with Gasteiger partial charge >= 0.3 is 0 Å². The number of fused-ring (bicyclic) bond motifs is 2. The van der Waals surface area contributed by atoms with Crippen LogP contribution in [-0.2, 0) is 0 Å². The van der Waals surface area contributed by atoms with E-state index < -0.39 is 0 Å². The quantitative estimate of drug-likeness (QED) is 0.595. The van der Waals surface area contributed by atoms with Crippen LogP contribution in [0.2, 0.25) is 5.02 Å². The van der Waals surface area contributed by atoms with Gasteiger partial charge in [0.05, 0.1) is 47.8 Å². The average Bonchev–Trinajstić information content (AvgIpc) is 3.51. The summed E-state index contributed by atoms with van der Waals surface area (Å²) < 4.78 is 0. The predicted octanol–water partition coefficient (Wildman–Crippen LogP) is 3.94. The van der Waals surface area contributed by atoms with E-state index in [4.69, 9.17) is 11.6 Å². The second-order valence-electron chi connectivity index (χ2n) is 9.49. The highest BCUT2D eigenvalue weighted by atomic mass is 35.5. The summed E-state index contributed by atoms with van der Waals surface area (Å²) in [4.78, 5) is 26.6. The van der Waals surface area contributed by atoms with E-state index in [1.54, 1.807) is 30.6 Å². The van der Waals surface area contributed by atoms with E-state index >= 15 is 0 Å². The van der Waals surface area contributed by atoms with Crippen molar-refractivity contribution in [3.05, 3.63) is 59.3 Å². The SMILES string of the molecule is C[C@@H]1C2CC(C2)N(C(=O)c2cc(Cl)ccc2-n2nccn2)[C@@H]1CNc1cnc(C2CC2)cn1. The van der Waals surface area contributed by atoms with Gasteiger partial charge in [0, 0.05) is 23.5 Å². The molecule has 2 bridgehead atoms. The summed E-state index contributed by atoms with van der Waals surface area (Å²) in [6.45, 7) is 2.88. The number of halogens is 1. The third-order valence-electron chi connectivity index (χ3n) is 7.47. The number of hydrogen-bond acceptors (Lipinski definition) is 6. The molecule has 4 fully saturated rings. The molecule has 9 heteroatoms. The maximum atomic E-state index is 13.9. The second-order valence-corrected chi connectivity index (χ2v) is 9.92. The molecule has 2 saturated carbocycles. The Bertz CT molecular complexity index is 1160. The molecule has 2 aromatic heterocycles. The Hall–Kier alpha value is -3.00. The number of carbonyl (C=O) groups is 1. The Morgan fingerprint density at radius 3 is 2.64 bits per heavy atom. The van der Waals surface area contributed by atoms with E-state index in [0.717, 1.165) is 24.4 Å². The summed E-state index contributed by atoms with van der Waals surface area (Å²) in [5.74, 6) is 2.35. The van der Waals surface area contributed by atoms with Crippen LogP contribution in [0.3, 0.4) is 0 Å². The van der Waals surface area contributed by atoms with Gasteiger partial charge in [-0.1, -0.05) is 18.5 Å². The molecule has 4 heterocycles. The lowest BCUT2D eigenvalue weighted by molar-refractivity contribution is -0.0502. The minimum absolute atomic E-state index is 0.0261. The Morgan fingerprint density at radius 1 is 1.15 bits per heavy atom. The Labute approximate surface area is 197 Å². The monoisotopic (exact) mass is 463 g/mol. The third kappa shape index (κ3) is 3.76. The van der Waals surface area contributed by atoms with Crippen molar-refractivity contribution in [2.24, 2.45) is 11.8 Å². The van der Waals surface area contributed by atoms with E-state index in [0.29, 0.717) is 40.6 Å². The lowest BCUT2D eigenvalue weighted by Crippen LogP contribution is -2.64. The average molecular weight is 464 g/mol. The molecule has 1 amide bonds. The standard InChI is InChI=1S/C24H26ClN7O/c1-14-16-8-18(9-16)31(22(14)12-28-23-13-26-20(11-27-23)15-2-3-15)24(33)19-10-17(25)4-5-21(19)32-29-6-7-30-32/h4-7,10-11,13-16,18,22H,2-3,8-9,12H2,1H3,(H,27,28)/t14-,16?,18?,22-/m1/s1. The largest absolute Gasteiger partial charge is 0.367 e. The van der Waals surface area contributed by atoms with Gasteiger partial charge in [-0.05, 0) is 55.7 Å². The van der Waals surface area contributed by atoms with Crippen molar-refractivity contribution in [2.45, 2.75) is 50.6 Å². The number of nitrogens with one attached hydrogen (secondary N) is 1. The molecule has 2 aliphatic carbocycles. The molecule has 2 aliphatic heterocycles. The molecule has 3 aromatic rings. The second kappa shape index (κ2) is 8.09. The molecular formula is C24H26ClN7O. The molecule has 0 unspecified atom stereocenters. The van der Waals surface area contributed by atoms with Crippen LogP contribution in [0.1, 0.15) is 54.6 Å². The van der Waals surface area contributed by atoms with Crippen LogP contribution in [0.4, 0.5) is 5.82 Å². The summed E-state index contributed by atoms with van der Waals surface area (Å²) in [7, 11) is 0. The van der Waals surface area contributed by atoms with Gasteiger partial charge in [-0.25, -0.2) is 4.98 Å². The number of carbonyl (C=O) groups excluding carboxylic acids is 1. The first-order valence-electron chi connectivity index (χ1n) is 11.6. The number of piperidine rings is 2. The maximum Gasteiger partial charge on any atom is 0.256 e. The minimum atomic E-state index is -0.0261. The number of rotatable bonds is 6. The lowest BCUT2D eigenvalue weighted by atomic mass is 9.64. The fourth-order valence-corrected chi connectivity index (χ4v) is 5.46. The predicted molar refractivity (Wildman–Crippen MR) is 124 cm³/mol. The molecule has 0 radical (unpaired) electrons. The lowest BCUT2D eigenvalue weighted by Gasteiger charge is -2.57.